The molecule has 208 valence electrons. The van der Waals surface area contributed by atoms with Crippen LogP contribution in [0.25, 0.3) is 0 Å². The Hall–Kier alpha value is -3.86. The quantitative estimate of drug-likeness (QED) is 0.329. The minimum Gasteiger partial charge on any atom is -0.487 e. The summed E-state index contributed by atoms with van der Waals surface area (Å²) in [7, 11) is 0. The summed E-state index contributed by atoms with van der Waals surface area (Å²) in [6.45, 7) is 2.27. The molecule has 7 heteroatoms. The Morgan fingerprint density at radius 1 is 1.12 bits per heavy atom. The van der Waals surface area contributed by atoms with E-state index in [-0.39, 0.29) is 24.2 Å². The lowest BCUT2D eigenvalue weighted by Crippen LogP contribution is -2.52. The van der Waals surface area contributed by atoms with Crippen molar-refractivity contribution in [2.24, 2.45) is 0 Å². The first-order valence-corrected chi connectivity index (χ1v) is 14.2. The molecule has 1 saturated carbocycles. The average molecular weight is 540 g/mol. The first-order chi connectivity index (χ1) is 19.5. The number of hydrogen-bond acceptors (Lipinski definition) is 6. The lowest BCUT2D eigenvalue weighted by molar-refractivity contribution is -0.124. The molecule has 5 rings (SSSR count). The van der Waals surface area contributed by atoms with Crippen molar-refractivity contribution >= 4 is 5.91 Å². The van der Waals surface area contributed by atoms with Gasteiger partial charge >= 0.3 is 0 Å². The number of rotatable bonds is 11. The summed E-state index contributed by atoms with van der Waals surface area (Å²) in [5.41, 5.74) is 3.65. The van der Waals surface area contributed by atoms with Crippen molar-refractivity contribution in [3.8, 4) is 17.6 Å². The Balaban J connectivity index is 1.29. The van der Waals surface area contributed by atoms with E-state index in [1.165, 1.54) is 12.0 Å². The molecule has 1 heterocycles. The number of ether oxygens (including phenoxy) is 2. The van der Waals surface area contributed by atoms with Gasteiger partial charge in [-0.3, -0.25) is 4.79 Å². The number of nitrogens with zero attached hydrogens (tertiary/aromatic N) is 1. The van der Waals surface area contributed by atoms with Crippen LogP contribution < -0.4 is 20.1 Å². The topological polar surface area (TPSA) is 104 Å². The molecular weight excluding hydrogens is 502 g/mol. The van der Waals surface area contributed by atoms with Gasteiger partial charge in [0.15, 0.2) is 6.61 Å². The predicted octanol–water partition coefficient (Wildman–Crippen LogP) is 4.62. The van der Waals surface area contributed by atoms with Crippen LogP contribution in [0.1, 0.15) is 60.9 Å². The molecule has 2 aliphatic rings. The highest BCUT2D eigenvalue weighted by atomic mass is 16.5. The fraction of sp³-hybridized carbons (Fsp3) is 0.394. The number of carbonyl (C=O) groups excluding carboxylic acids is 1. The van der Waals surface area contributed by atoms with Crippen LogP contribution in [-0.2, 0) is 17.6 Å². The number of amides is 1. The van der Waals surface area contributed by atoms with Crippen molar-refractivity contribution in [3.05, 3.63) is 95.1 Å². The molecule has 3 aromatic carbocycles. The van der Waals surface area contributed by atoms with E-state index in [1.54, 1.807) is 24.3 Å². The van der Waals surface area contributed by atoms with E-state index in [1.807, 2.05) is 30.3 Å². The third-order valence-electron chi connectivity index (χ3n) is 8.03. The minimum absolute atomic E-state index is 0.0462. The van der Waals surface area contributed by atoms with Gasteiger partial charge in [0.1, 0.15) is 17.1 Å². The number of aliphatic hydroxyl groups excluding tert-OH is 1. The number of para-hydroxylation sites is 1. The molecule has 0 unspecified atom stereocenters. The van der Waals surface area contributed by atoms with Crippen molar-refractivity contribution in [3.63, 3.8) is 0 Å². The number of benzene rings is 3. The van der Waals surface area contributed by atoms with Gasteiger partial charge < -0.3 is 25.2 Å². The molecule has 7 nitrogen and oxygen atoms in total. The van der Waals surface area contributed by atoms with E-state index in [2.05, 4.69) is 41.8 Å². The zero-order valence-electron chi connectivity index (χ0n) is 22.9. The molecule has 0 bridgehead atoms. The Morgan fingerprint density at radius 2 is 1.95 bits per heavy atom. The van der Waals surface area contributed by atoms with Crippen LogP contribution in [0.2, 0.25) is 0 Å². The van der Waals surface area contributed by atoms with Crippen LogP contribution in [0.5, 0.6) is 11.5 Å². The van der Waals surface area contributed by atoms with Gasteiger partial charge in [0, 0.05) is 24.6 Å². The average Bonchev–Trinajstić information content (AvgIpc) is 2.97. The minimum atomic E-state index is -0.871. The highest BCUT2D eigenvalue weighted by molar-refractivity contribution is 5.78. The molecular formula is C33H37N3O4. The molecule has 3 aromatic rings. The third kappa shape index (κ3) is 6.64. The van der Waals surface area contributed by atoms with Crippen LogP contribution in [0.3, 0.4) is 0 Å². The SMILES string of the molecule is CCc1ccc2c(c1)[C@@H](NC[C@H](O)[C@H](Cc1cccc(C#N)c1)NC(=O)COc1ccccc1)CC1(CCC1)O2. The fourth-order valence-corrected chi connectivity index (χ4v) is 5.62. The largest absolute Gasteiger partial charge is 0.487 e. The predicted molar refractivity (Wildman–Crippen MR) is 153 cm³/mol. The van der Waals surface area contributed by atoms with Gasteiger partial charge in [0.05, 0.1) is 23.8 Å². The number of hydrogen-bond donors (Lipinski definition) is 3. The molecule has 0 radical (unpaired) electrons. The van der Waals surface area contributed by atoms with Gasteiger partial charge in [0.2, 0.25) is 0 Å². The molecule has 1 amide bonds. The zero-order chi connectivity index (χ0) is 28.0. The van der Waals surface area contributed by atoms with E-state index in [0.29, 0.717) is 24.3 Å². The monoisotopic (exact) mass is 539 g/mol. The van der Waals surface area contributed by atoms with E-state index < -0.39 is 12.1 Å². The van der Waals surface area contributed by atoms with Crippen molar-refractivity contribution in [2.75, 3.05) is 13.2 Å². The van der Waals surface area contributed by atoms with Crippen LogP contribution in [-0.4, -0.2) is 41.9 Å². The number of fused-ring (bicyclic) bond motifs is 1. The summed E-state index contributed by atoms with van der Waals surface area (Å²) in [6, 6.07) is 24.5. The van der Waals surface area contributed by atoms with Gasteiger partial charge in [-0.2, -0.15) is 5.26 Å². The molecule has 3 N–H and O–H groups in total. The van der Waals surface area contributed by atoms with E-state index in [0.717, 1.165) is 42.6 Å². The Morgan fingerprint density at radius 3 is 2.67 bits per heavy atom. The van der Waals surface area contributed by atoms with Crippen LogP contribution in [0.15, 0.2) is 72.8 Å². The standard InChI is InChI=1S/C33H37N3O4/c1-2-23-12-13-31-27(17-23)29(19-33(40-31)14-7-15-33)35-21-30(37)28(18-24-8-6-9-25(16-24)20-34)36-32(38)22-39-26-10-4-3-5-11-26/h3-6,8-13,16-17,28-30,35,37H,2,7,14-15,18-19,21-22H2,1H3,(H,36,38)/t28-,29-,30-/m0/s1. The number of carbonyl (C=O) groups is 1. The van der Waals surface area contributed by atoms with Gasteiger partial charge in [-0.25, -0.2) is 0 Å². The third-order valence-corrected chi connectivity index (χ3v) is 8.03. The van der Waals surface area contributed by atoms with Crippen molar-refractivity contribution in [1.29, 1.82) is 5.26 Å². The molecule has 0 aromatic heterocycles. The van der Waals surface area contributed by atoms with Gasteiger partial charge in [-0.05, 0) is 73.6 Å². The molecule has 1 aliphatic carbocycles. The second kappa shape index (κ2) is 12.5. The maximum Gasteiger partial charge on any atom is 0.258 e. The highest BCUT2D eigenvalue weighted by Gasteiger charge is 2.45. The highest BCUT2D eigenvalue weighted by Crippen LogP contribution is 2.49. The van der Waals surface area contributed by atoms with Crippen molar-refractivity contribution < 1.29 is 19.4 Å². The first-order valence-electron chi connectivity index (χ1n) is 14.2. The maximum atomic E-state index is 12.9. The Labute approximate surface area is 236 Å². The fourth-order valence-electron chi connectivity index (χ4n) is 5.62. The number of aliphatic hydroxyl groups is 1. The lowest BCUT2D eigenvalue weighted by Gasteiger charge is -2.48. The van der Waals surface area contributed by atoms with Gasteiger partial charge in [0.25, 0.3) is 5.91 Å². The maximum absolute atomic E-state index is 12.9. The summed E-state index contributed by atoms with van der Waals surface area (Å²) in [6.07, 6.45) is 4.54. The summed E-state index contributed by atoms with van der Waals surface area (Å²) in [4.78, 5) is 12.9. The molecule has 1 spiro atoms. The summed E-state index contributed by atoms with van der Waals surface area (Å²) < 4.78 is 12.1. The molecule has 1 aliphatic heterocycles. The van der Waals surface area contributed by atoms with Gasteiger partial charge in [-0.1, -0.05) is 49.4 Å². The molecule has 40 heavy (non-hydrogen) atoms. The van der Waals surface area contributed by atoms with Crippen molar-refractivity contribution in [1.82, 2.24) is 10.6 Å². The lowest BCUT2D eigenvalue weighted by atomic mass is 9.72. The van der Waals surface area contributed by atoms with Crippen molar-refractivity contribution in [2.45, 2.75) is 69.2 Å². The smallest absolute Gasteiger partial charge is 0.258 e. The number of nitrogens with one attached hydrogen (secondary N) is 2. The second-order valence-electron chi connectivity index (χ2n) is 10.9. The van der Waals surface area contributed by atoms with Crippen LogP contribution in [0, 0.1) is 11.3 Å². The van der Waals surface area contributed by atoms with Crippen LogP contribution >= 0.6 is 0 Å². The summed E-state index contributed by atoms with van der Waals surface area (Å²) in [5, 5.41) is 27.3. The van der Waals surface area contributed by atoms with E-state index in [9.17, 15) is 15.2 Å². The second-order valence-corrected chi connectivity index (χ2v) is 10.9. The molecule has 3 atom stereocenters. The van der Waals surface area contributed by atoms with E-state index in [4.69, 9.17) is 9.47 Å². The summed E-state index contributed by atoms with van der Waals surface area (Å²) >= 11 is 0. The zero-order valence-corrected chi connectivity index (χ0v) is 22.9. The van der Waals surface area contributed by atoms with Gasteiger partial charge in [-0.15, -0.1) is 0 Å². The normalized spacial score (nSPS) is 18.4. The number of nitriles is 1. The Bertz CT molecular complexity index is 1350. The Kier molecular flexibility index (Phi) is 8.69. The van der Waals surface area contributed by atoms with E-state index >= 15 is 0 Å². The number of aryl methyl sites for hydroxylation is 1. The summed E-state index contributed by atoms with van der Waals surface area (Å²) in [5.74, 6) is 1.21. The molecule has 1 fully saturated rings. The molecule has 0 saturated heterocycles. The first kappa shape index (κ1) is 27.7. The van der Waals surface area contributed by atoms with Crippen LogP contribution in [0.4, 0.5) is 0 Å².